The molecule has 2 fully saturated rings. The highest BCUT2D eigenvalue weighted by atomic mass is 16.5. The number of carboxylic acid groups (broad SMARTS) is 1. The average molecular weight is 676 g/mol. The fraction of sp³-hybridized carbons (Fsp3) is 0.457. The molecule has 14 nitrogen and oxygen atoms in total. The Bertz CT molecular complexity index is 2070. The number of hydrogen-bond acceptors (Lipinski definition) is 10. The van der Waals surface area contributed by atoms with E-state index in [1.165, 1.54) is 48.1 Å². The number of carboxylic acids is 1. The van der Waals surface area contributed by atoms with Crippen molar-refractivity contribution in [1.29, 1.82) is 0 Å². The molecule has 4 aliphatic rings. The average Bonchev–Trinajstić information content (AvgIpc) is 3.64. The highest BCUT2D eigenvalue weighted by Gasteiger charge is 2.65. The number of ether oxygens (including phenoxy) is 3. The molecular formula is C35H41N5O9. The van der Waals surface area contributed by atoms with Gasteiger partial charge in [0.15, 0.2) is 22.7 Å². The van der Waals surface area contributed by atoms with Crippen LogP contribution in [0.15, 0.2) is 52.3 Å². The minimum Gasteiger partial charge on any atom is -0.493 e. The Morgan fingerprint density at radius 2 is 1.76 bits per heavy atom. The maximum Gasteiger partial charge on any atom is 0.339 e. The number of carbonyl (C=O) groups is 2. The van der Waals surface area contributed by atoms with Crippen LogP contribution in [0.4, 0.5) is 0 Å². The molecule has 2 aromatic heterocycles. The van der Waals surface area contributed by atoms with Gasteiger partial charge in [0.2, 0.25) is 0 Å². The summed E-state index contributed by atoms with van der Waals surface area (Å²) in [6.45, 7) is 2.31. The molecule has 4 heterocycles. The van der Waals surface area contributed by atoms with Gasteiger partial charge in [0, 0.05) is 45.1 Å². The smallest absolute Gasteiger partial charge is 0.339 e. The van der Waals surface area contributed by atoms with Crippen LogP contribution in [-0.4, -0.2) is 84.7 Å². The third-order valence-corrected chi connectivity index (χ3v) is 10.5. The molecule has 2 aromatic carbocycles. The number of piperidine rings is 1. The number of benzene rings is 2. The number of esters is 1. The number of carbonyl (C=O) groups excluding carboxylic acids is 1. The Kier molecular flexibility index (Phi) is 8.88. The van der Waals surface area contributed by atoms with Crippen molar-refractivity contribution in [3.8, 4) is 17.2 Å². The summed E-state index contributed by atoms with van der Waals surface area (Å²) < 4.78 is 20.6. The van der Waals surface area contributed by atoms with Crippen molar-refractivity contribution in [3.63, 3.8) is 0 Å². The first kappa shape index (κ1) is 33.9. The van der Waals surface area contributed by atoms with Crippen LogP contribution >= 0.6 is 0 Å². The maximum absolute atomic E-state index is 11.7. The number of aromatic carboxylic acids is 1. The Morgan fingerprint density at radius 1 is 1.02 bits per heavy atom. The zero-order chi connectivity index (χ0) is 35.4. The molecule has 14 heteroatoms. The fourth-order valence-corrected chi connectivity index (χ4v) is 8.22. The fourth-order valence-electron chi connectivity index (χ4n) is 8.22. The number of hydrogen-bond donors (Lipinski definition) is 2. The Hall–Kier alpha value is -4.95. The number of methoxy groups -OCH3 is 1. The topological polar surface area (TPSA) is 167 Å². The first-order valence-corrected chi connectivity index (χ1v) is 16.1. The number of nitrogens with zero attached hydrogens (tertiary/aromatic N) is 5. The standard InChI is InChI=1S/C18H23NO3.C9H8O4.C8H10N4O2/c1-19-8-7-18-11-4-5-13(20)17(18)22-16-14(21-2)6-3-10(15(16)18)9-12(11)19;1-6(10)13-8-5-3-2-4-7(8)9(11)12;1-10-4-9-6-5(10)7(13)12(3)8(14)11(6)2/h3,6,11-13,17,20H,4-5,7-9H2,1-2H3;2-5H,1H3,(H,11,12);4H,1-3H3/t11-,12+,13-,17-,18-;;/m0../s1. The van der Waals surface area contributed by atoms with Crippen molar-refractivity contribution >= 4 is 23.1 Å². The third-order valence-electron chi connectivity index (χ3n) is 10.5. The molecule has 260 valence electrons. The van der Waals surface area contributed by atoms with E-state index in [0.29, 0.717) is 23.1 Å². The first-order chi connectivity index (χ1) is 23.3. The number of aliphatic hydroxyl groups is 1. The molecule has 2 aliphatic carbocycles. The first-order valence-electron chi connectivity index (χ1n) is 16.1. The number of likely N-dealkylation sites (N-methyl/N-ethyl adjacent to an activating group) is 1. The number of para-hydroxylation sites is 1. The lowest BCUT2D eigenvalue weighted by Gasteiger charge is -2.58. The van der Waals surface area contributed by atoms with Crippen molar-refractivity contribution in [3.05, 3.63) is 80.3 Å². The molecule has 49 heavy (non-hydrogen) atoms. The van der Waals surface area contributed by atoms with Gasteiger partial charge in [0.05, 0.1) is 19.5 Å². The monoisotopic (exact) mass is 675 g/mol. The summed E-state index contributed by atoms with van der Waals surface area (Å²) in [5.74, 6) is 0.762. The van der Waals surface area contributed by atoms with E-state index < -0.39 is 11.9 Å². The Labute approximate surface area is 282 Å². The summed E-state index contributed by atoms with van der Waals surface area (Å²) in [7, 11) is 8.73. The minimum absolute atomic E-state index is 0.00625. The van der Waals surface area contributed by atoms with Crippen LogP contribution in [-0.2, 0) is 37.8 Å². The van der Waals surface area contributed by atoms with E-state index in [-0.39, 0.29) is 40.2 Å². The van der Waals surface area contributed by atoms with Crippen molar-refractivity contribution in [1.82, 2.24) is 23.6 Å². The van der Waals surface area contributed by atoms with Crippen molar-refractivity contribution in [2.24, 2.45) is 27.1 Å². The summed E-state index contributed by atoms with van der Waals surface area (Å²) in [6.07, 6.45) is 5.21. The molecule has 1 saturated heterocycles. The second-order valence-electron chi connectivity index (χ2n) is 13.1. The van der Waals surface area contributed by atoms with Gasteiger partial charge < -0.3 is 33.9 Å². The van der Waals surface area contributed by atoms with E-state index in [1.54, 1.807) is 37.9 Å². The largest absolute Gasteiger partial charge is 0.493 e. The number of aromatic nitrogens is 4. The van der Waals surface area contributed by atoms with E-state index in [0.717, 1.165) is 48.3 Å². The second-order valence-corrected chi connectivity index (χ2v) is 13.1. The zero-order valence-electron chi connectivity index (χ0n) is 28.4. The number of imidazole rings is 1. The van der Waals surface area contributed by atoms with E-state index in [1.807, 2.05) is 6.07 Å². The number of likely N-dealkylation sites (tertiary alicyclic amines) is 1. The lowest BCUT2D eigenvalue weighted by atomic mass is 9.51. The normalized spacial score (nSPS) is 24.4. The predicted octanol–water partition coefficient (Wildman–Crippen LogP) is 2.01. The summed E-state index contributed by atoms with van der Waals surface area (Å²) in [6, 6.07) is 10.8. The SMILES string of the molecule is CC(=O)Oc1ccccc1C(=O)O.COc1ccc2c3c1O[C@H]1[C@@H](O)CC[C@H]4[C@@H](C2)N(C)CC[C@@]341.Cn1c(=O)c2c(ncn2C)n(C)c1=O. The number of fused-ring (bicyclic) bond motifs is 1. The lowest BCUT2D eigenvalue weighted by Crippen LogP contribution is -2.66. The predicted molar refractivity (Wildman–Crippen MR) is 178 cm³/mol. The van der Waals surface area contributed by atoms with Gasteiger partial charge >= 0.3 is 17.6 Å². The molecule has 0 radical (unpaired) electrons. The molecule has 0 unspecified atom stereocenters. The highest BCUT2D eigenvalue weighted by molar-refractivity contribution is 5.91. The van der Waals surface area contributed by atoms with Crippen LogP contribution in [0.1, 0.15) is 47.7 Å². The molecule has 0 amide bonds. The molecule has 2 N–H and O–H groups in total. The number of aryl methyl sites for hydroxylation is 2. The van der Waals surface area contributed by atoms with Crippen LogP contribution in [0.25, 0.3) is 11.2 Å². The van der Waals surface area contributed by atoms with Gasteiger partial charge in [-0.25, -0.2) is 14.6 Å². The third kappa shape index (κ3) is 5.48. The van der Waals surface area contributed by atoms with E-state index in [9.17, 15) is 24.3 Å². The second kappa shape index (κ2) is 12.8. The van der Waals surface area contributed by atoms with Gasteiger partial charge in [0.1, 0.15) is 17.4 Å². The van der Waals surface area contributed by atoms with Gasteiger partial charge in [-0.05, 0) is 69.0 Å². The van der Waals surface area contributed by atoms with E-state index in [4.69, 9.17) is 14.6 Å². The summed E-state index contributed by atoms with van der Waals surface area (Å²) in [5, 5.41) is 19.3. The molecule has 4 aromatic rings. The van der Waals surface area contributed by atoms with Crippen LogP contribution < -0.4 is 25.5 Å². The molecular weight excluding hydrogens is 634 g/mol. The van der Waals surface area contributed by atoms with Gasteiger partial charge in [-0.15, -0.1) is 0 Å². The van der Waals surface area contributed by atoms with E-state index in [2.05, 4.69) is 27.7 Å². The molecule has 8 rings (SSSR count). The molecule has 2 aliphatic heterocycles. The Balaban J connectivity index is 0.000000135. The minimum atomic E-state index is -1.11. The molecule has 1 spiro atoms. The summed E-state index contributed by atoms with van der Waals surface area (Å²) in [5.41, 5.74) is 2.94. The van der Waals surface area contributed by atoms with Crippen LogP contribution in [0.5, 0.6) is 17.2 Å². The van der Waals surface area contributed by atoms with Crippen LogP contribution in [0.3, 0.4) is 0 Å². The zero-order valence-corrected chi connectivity index (χ0v) is 28.4. The number of rotatable bonds is 3. The maximum atomic E-state index is 11.7. The van der Waals surface area contributed by atoms with Crippen molar-refractivity contribution < 1.29 is 34.0 Å². The summed E-state index contributed by atoms with van der Waals surface area (Å²) >= 11 is 0. The lowest BCUT2D eigenvalue weighted by molar-refractivity contribution is -0.131. The summed E-state index contributed by atoms with van der Waals surface area (Å²) in [4.78, 5) is 50.9. The van der Waals surface area contributed by atoms with Crippen molar-refractivity contribution in [2.45, 2.75) is 56.3 Å². The highest BCUT2D eigenvalue weighted by Crippen LogP contribution is 2.63. The molecule has 1 saturated carbocycles. The number of aliphatic hydroxyl groups excluding tert-OH is 1. The quantitative estimate of drug-likeness (QED) is 0.241. The van der Waals surface area contributed by atoms with Gasteiger partial charge in [-0.2, -0.15) is 0 Å². The van der Waals surface area contributed by atoms with Gasteiger partial charge in [-0.1, -0.05) is 18.2 Å². The van der Waals surface area contributed by atoms with Gasteiger partial charge in [0.25, 0.3) is 5.56 Å². The Morgan fingerprint density at radius 3 is 2.45 bits per heavy atom. The molecule has 5 atom stereocenters. The van der Waals surface area contributed by atoms with E-state index >= 15 is 0 Å². The van der Waals surface area contributed by atoms with Gasteiger partial charge in [-0.3, -0.25) is 18.7 Å². The molecule has 2 bridgehead atoms. The van der Waals surface area contributed by atoms with Crippen molar-refractivity contribution in [2.75, 3.05) is 20.7 Å². The van der Waals surface area contributed by atoms with Crippen LogP contribution in [0, 0.1) is 5.92 Å². The van der Waals surface area contributed by atoms with Crippen LogP contribution in [0.2, 0.25) is 0 Å².